The summed E-state index contributed by atoms with van der Waals surface area (Å²) in [5.41, 5.74) is 4.35. The van der Waals surface area contributed by atoms with Crippen molar-refractivity contribution in [3.05, 3.63) is 59.4 Å². The van der Waals surface area contributed by atoms with Crippen LogP contribution in [-0.4, -0.2) is 42.9 Å². The molecule has 1 heterocycles. The van der Waals surface area contributed by atoms with E-state index in [2.05, 4.69) is 42.3 Å². The van der Waals surface area contributed by atoms with Crippen molar-refractivity contribution in [1.82, 2.24) is 4.90 Å². The number of nitrogens with zero attached hydrogens (tertiary/aromatic N) is 2. The topological polar surface area (TPSA) is 52.7 Å². The van der Waals surface area contributed by atoms with E-state index in [9.17, 15) is 14.0 Å². The molecular formula is C23H26FN3O2. The highest BCUT2D eigenvalue weighted by atomic mass is 19.1. The third-order valence-corrected chi connectivity index (χ3v) is 6.06. The lowest BCUT2D eigenvalue weighted by molar-refractivity contribution is -0.134. The van der Waals surface area contributed by atoms with Gasteiger partial charge in [-0.25, -0.2) is 4.39 Å². The van der Waals surface area contributed by atoms with Gasteiger partial charge in [0.15, 0.2) is 0 Å². The number of anilines is 2. The molecule has 4 rings (SSSR count). The highest BCUT2D eigenvalue weighted by Gasteiger charge is 2.49. The second-order valence-corrected chi connectivity index (χ2v) is 7.98. The Morgan fingerprint density at radius 3 is 2.34 bits per heavy atom. The number of hydrogen-bond acceptors (Lipinski definition) is 3. The van der Waals surface area contributed by atoms with E-state index < -0.39 is 0 Å². The van der Waals surface area contributed by atoms with Gasteiger partial charge in [-0.3, -0.25) is 9.59 Å². The second kappa shape index (κ2) is 7.85. The molecule has 0 spiro atoms. The Bertz CT molecular complexity index is 920. The number of carbonyl (C=O) groups is 2. The molecule has 29 heavy (non-hydrogen) atoms. The lowest BCUT2D eigenvalue weighted by Crippen LogP contribution is -2.49. The molecule has 2 fully saturated rings. The lowest BCUT2D eigenvalue weighted by Gasteiger charge is -2.37. The maximum absolute atomic E-state index is 13.0. The predicted octanol–water partition coefficient (Wildman–Crippen LogP) is 3.37. The molecule has 1 aliphatic heterocycles. The Hall–Kier alpha value is -2.89. The molecule has 0 bridgehead atoms. The Balaban J connectivity index is 1.30. The Kier molecular flexibility index (Phi) is 5.26. The highest BCUT2D eigenvalue weighted by Crippen LogP contribution is 2.41. The number of rotatable bonds is 4. The fourth-order valence-electron chi connectivity index (χ4n) is 4.01. The van der Waals surface area contributed by atoms with E-state index in [4.69, 9.17) is 0 Å². The first-order valence-electron chi connectivity index (χ1n) is 10.1. The van der Waals surface area contributed by atoms with Gasteiger partial charge in [-0.1, -0.05) is 12.1 Å². The Morgan fingerprint density at radius 2 is 1.66 bits per heavy atom. The van der Waals surface area contributed by atoms with Crippen molar-refractivity contribution in [2.45, 2.75) is 20.3 Å². The average Bonchev–Trinajstić information content (AvgIpc) is 3.52. The molecular weight excluding hydrogens is 369 g/mol. The van der Waals surface area contributed by atoms with Gasteiger partial charge in [-0.15, -0.1) is 0 Å². The van der Waals surface area contributed by atoms with E-state index in [0.717, 1.165) is 13.1 Å². The van der Waals surface area contributed by atoms with Gasteiger partial charge in [0.05, 0.1) is 11.8 Å². The average molecular weight is 395 g/mol. The molecule has 2 unspecified atom stereocenters. The number of amides is 2. The van der Waals surface area contributed by atoms with E-state index in [1.165, 1.54) is 41.1 Å². The van der Waals surface area contributed by atoms with E-state index in [-0.39, 0.29) is 29.5 Å². The first-order chi connectivity index (χ1) is 13.9. The second-order valence-electron chi connectivity index (χ2n) is 7.98. The summed E-state index contributed by atoms with van der Waals surface area (Å²) in [7, 11) is 0. The molecule has 0 aromatic heterocycles. The molecule has 2 aromatic rings. The highest BCUT2D eigenvalue weighted by molar-refractivity contribution is 5.99. The van der Waals surface area contributed by atoms with Crippen LogP contribution in [0.25, 0.3) is 0 Å². The minimum Gasteiger partial charge on any atom is -0.368 e. The summed E-state index contributed by atoms with van der Waals surface area (Å²) in [5, 5.41) is 2.77. The number of piperazine rings is 1. The molecule has 2 atom stereocenters. The molecule has 1 saturated heterocycles. The van der Waals surface area contributed by atoms with Crippen molar-refractivity contribution in [1.29, 1.82) is 0 Å². The summed E-state index contributed by atoms with van der Waals surface area (Å²) in [6.45, 7) is 7.20. The van der Waals surface area contributed by atoms with Crippen molar-refractivity contribution < 1.29 is 14.0 Å². The number of benzene rings is 2. The summed E-state index contributed by atoms with van der Waals surface area (Å²) in [6, 6.07) is 12.0. The van der Waals surface area contributed by atoms with Gasteiger partial charge in [0.1, 0.15) is 5.82 Å². The summed E-state index contributed by atoms with van der Waals surface area (Å²) in [6.07, 6.45) is 0.586. The predicted molar refractivity (Wildman–Crippen MR) is 111 cm³/mol. The van der Waals surface area contributed by atoms with Crippen LogP contribution in [0.2, 0.25) is 0 Å². The summed E-state index contributed by atoms with van der Waals surface area (Å²) < 4.78 is 13.0. The van der Waals surface area contributed by atoms with Crippen LogP contribution in [0.1, 0.15) is 17.5 Å². The van der Waals surface area contributed by atoms with Crippen molar-refractivity contribution in [2.75, 3.05) is 36.4 Å². The standard InChI is InChI=1S/C23H26FN3O2/c1-15-4-3-5-21(16(15)2)26-10-12-27(13-11-26)23(29)20-14-19(20)22(28)25-18-8-6-17(24)7-9-18/h3-9,19-20H,10-14H2,1-2H3,(H,25,28). The summed E-state index contributed by atoms with van der Waals surface area (Å²) in [4.78, 5) is 29.4. The van der Waals surface area contributed by atoms with Gasteiger partial charge in [0, 0.05) is 37.6 Å². The monoisotopic (exact) mass is 395 g/mol. The van der Waals surface area contributed by atoms with Crippen molar-refractivity contribution in [3.63, 3.8) is 0 Å². The fraction of sp³-hybridized carbons (Fsp3) is 0.391. The van der Waals surface area contributed by atoms with E-state index in [1.807, 2.05) is 4.90 Å². The number of carbonyl (C=O) groups excluding carboxylic acids is 2. The smallest absolute Gasteiger partial charge is 0.228 e. The zero-order valence-corrected chi connectivity index (χ0v) is 16.8. The van der Waals surface area contributed by atoms with Gasteiger partial charge in [-0.2, -0.15) is 0 Å². The summed E-state index contributed by atoms with van der Waals surface area (Å²) in [5.74, 6) is -0.955. The maximum Gasteiger partial charge on any atom is 0.228 e. The van der Waals surface area contributed by atoms with Crippen molar-refractivity contribution in [2.24, 2.45) is 11.8 Å². The third-order valence-electron chi connectivity index (χ3n) is 6.06. The van der Waals surface area contributed by atoms with Gasteiger partial charge >= 0.3 is 0 Å². The number of aryl methyl sites for hydroxylation is 1. The van der Waals surface area contributed by atoms with Gasteiger partial charge < -0.3 is 15.1 Å². The minimum absolute atomic E-state index is 0.0740. The van der Waals surface area contributed by atoms with E-state index >= 15 is 0 Å². The van der Waals surface area contributed by atoms with Crippen LogP contribution in [0.3, 0.4) is 0 Å². The quantitative estimate of drug-likeness (QED) is 0.864. The van der Waals surface area contributed by atoms with Crippen LogP contribution in [0.4, 0.5) is 15.8 Å². The van der Waals surface area contributed by atoms with Crippen molar-refractivity contribution in [3.8, 4) is 0 Å². The first kappa shape index (κ1) is 19.4. The molecule has 1 saturated carbocycles. The summed E-state index contributed by atoms with van der Waals surface area (Å²) >= 11 is 0. The molecule has 1 aliphatic carbocycles. The zero-order valence-electron chi connectivity index (χ0n) is 16.8. The Labute approximate surface area is 170 Å². The van der Waals surface area contributed by atoms with Crippen LogP contribution >= 0.6 is 0 Å². The van der Waals surface area contributed by atoms with E-state index in [1.54, 1.807) is 0 Å². The molecule has 2 aromatic carbocycles. The Morgan fingerprint density at radius 1 is 0.966 bits per heavy atom. The fourth-order valence-corrected chi connectivity index (χ4v) is 4.01. The number of halogens is 1. The third kappa shape index (κ3) is 4.11. The first-order valence-corrected chi connectivity index (χ1v) is 10.1. The normalized spacial score (nSPS) is 21.1. The molecule has 5 nitrogen and oxygen atoms in total. The molecule has 0 radical (unpaired) electrons. The molecule has 1 N–H and O–H groups in total. The van der Waals surface area contributed by atoms with Crippen LogP contribution in [-0.2, 0) is 9.59 Å². The van der Waals surface area contributed by atoms with Crippen LogP contribution in [0.5, 0.6) is 0 Å². The zero-order chi connectivity index (χ0) is 20.5. The van der Waals surface area contributed by atoms with Gasteiger partial charge in [0.2, 0.25) is 11.8 Å². The van der Waals surface area contributed by atoms with Crippen LogP contribution in [0.15, 0.2) is 42.5 Å². The lowest BCUT2D eigenvalue weighted by atomic mass is 10.1. The largest absolute Gasteiger partial charge is 0.368 e. The van der Waals surface area contributed by atoms with Gasteiger partial charge in [0.25, 0.3) is 0 Å². The molecule has 2 aliphatic rings. The molecule has 6 heteroatoms. The number of nitrogens with one attached hydrogen (secondary N) is 1. The van der Waals surface area contributed by atoms with Crippen LogP contribution in [0, 0.1) is 31.5 Å². The maximum atomic E-state index is 13.0. The number of hydrogen-bond donors (Lipinski definition) is 1. The minimum atomic E-state index is -0.345. The van der Waals surface area contributed by atoms with Gasteiger partial charge in [-0.05, 0) is 61.7 Å². The van der Waals surface area contributed by atoms with Crippen molar-refractivity contribution >= 4 is 23.2 Å². The van der Waals surface area contributed by atoms with Crippen LogP contribution < -0.4 is 10.2 Å². The SMILES string of the molecule is Cc1cccc(N2CCN(C(=O)C3CC3C(=O)Nc3ccc(F)cc3)CC2)c1C. The van der Waals surface area contributed by atoms with E-state index in [0.29, 0.717) is 25.2 Å². The molecule has 2 amide bonds. The molecule has 152 valence electrons.